The van der Waals surface area contributed by atoms with Gasteiger partial charge >= 0.3 is 0 Å². The summed E-state index contributed by atoms with van der Waals surface area (Å²) in [6.45, 7) is 4.67. The lowest BCUT2D eigenvalue weighted by Crippen LogP contribution is -2.59. The van der Waals surface area contributed by atoms with Crippen molar-refractivity contribution in [3.63, 3.8) is 0 Å². The van der Waals surface area contributed by atoms with E-state index in [1.165, 1.54) is 50.2 Å². The van der Waals surface area contributed by atoms with Crippen LogP contribution in [0.15, 0.2) is 24.5 Å². The number of rotatable bonds is 5. The Kier molecular flexibility index (Phi) is 3.49. The molecule has 0 amide bonds. The molecule has 2 saturated heterocycles. The number of ether oxygens (including phenoxy) is 1. The zero-order valence-corrected chi connectivity index (χ0v) is 12.6. The van der Waals surface area contributed by atoms with E-state index in [1.807, 2.05) is 24.5 Å². The molecule has 2 aliphatic heterocycles. The monoisotopic (exact) mass is 290 g/mol. The van der Waals surface area contributed by atoms with Crippen LogP contribution in [-0.2, 0) is 11.3 Å². The normalized spacial score (nSPS) is 28.7. The van der Waals surface area contributed by atoms with Crippen LogP contribution in [0.25, 0.3) is 0 Å². The Morgan fingerprint density at radius 3 is 2.85 bits per heavy atom. The average Bonchev–Trinajstić information content (AvgIpc) is 3.15. The first kappa shape index (κ1) is 13.1. The number of nitrogens with zero attached hydrogens (tertiary/aromatic N) is 2. The summed E-state index contributed by atoms with van der Waals surface area (Å²) in [6, 6.07) is 4.08. The van der Waals surface area contributed by atoms with Gasteiger partial charge in [0.1, 0.15) is 0 Å². The third-order valence-electron chi connectivity index (χ3n) is 4.65. The van der Waals surface area contributed by atoms with Crippen LogP contribution in [0, 0.1) is 5.92 Å². The molecule has 1 aromatic rings. The third kappa shape index (κ3) is 2.87. The predicted octanol–water partition coefficient (Wildman–Crippen LogP) is 2.57. The van der Waals surface area contributed by atoms with Crippen molar-refractivity contribution in [2.24, 2.45) is 5.92 Å². The number of hydrogen-bond acceptors (Lipinski definition) is 4. The first-order chi connectivity index (χ1) is 9.81. The largest absolute Gasteiger partial charge is 0.373 e. The molecule has 4 heteroatoms. The maximum Gasteiger partial charge on any atom is 0.0722 e. The van der Waals surface area contributed by atoms with Gasteiger partial charge in [-0.3, -0.25) is 4.98 Å². The topological polar surface area (TPSA) is 25.4 Å². The highest BCUT2D eigenvalue weighted by Gasteiger charge is 2.49. The van der Waals surface area contributed by atoms with Crippen LogP contribution in [0.5, 0.6) is 0 Å². The van der Waals surface area contributed by atoms with Crippen LogP contribution in [0.2, 0.25) is 0 Å². The predicted molar refractivity (Wildman–Crippen MR) is 81.8 cm³/mol. The SMILES string of the molecule is c1cc(CO[C@H]2CSC3(C2)CN(CC2CC2)C3)ccn1. The first-order valence-corrected chi connectivity index (χ1v) is 8.67. The molecule has 1 atom stereocenters. The van der Waals surface area contributed by atoms with Gasteiger partial charge in [-0.05, 0) is 42.9 Å². The molecule has 3 fully saturated rings. The molecule has 0 N–H and O–H groups in total. The Balaban J connectivity index is 1.22. The molecule has 108 valence electrons. The highest BCUT2D eigenvalue weighted by molar-refractivity contribution is 8.01. The molecule has 1 aliphatic carbocycles. The van der Waals surface area contributed by atoms with Crippen LogP contribution < -0.4 is 0 Å². The fraction of sp³-hybridized carbons (Fsp3) is 0.688. The highest BCUT2D eigenvalue weighted by atomic mass is 32.2. The van der Waals surface area contributed by atoms with Crippen molar-refractivity contribution < 1.29 is 4.74 Å². The van der Waals surface area contributed by atoms with Crippen LogP contribution in [0.4, 0.5) is 0 Å². The Morgan fingerprint density at radius 1 is 1.30 bits per heavy atom. The quantitative estimate of drug-likeness (QED) is 0.832. The van der Waals surface area contributed by atoms with Gasteiger partial charge in [0.15, 0.2) is 0 Å². The summed E-state index contributed by atoms with van der Waals surface area (Å²) in [4.78, 5) is 6.69. The summed E-state index contributed by atoms with van der Waals surface area (Å²) >= 11 is 2.15. The lowest BCUT2D eigenvalue weighted by atomic mass is 9.92. The van der Waals surface area contributed by atoms with Gasteiger partial charge in [0.2, 0.25) is 0 Å². The molecule has 4 rings (SSSR count). The second kappa shape index (κ2) is 5.32. The fourth-order valence-corrected chi connectivity index (χ4v) is 4.99. The Bertz CT molecular complexity index is 457. The molecular formula is C16H22N2OS. The lowest BCUT2D eigenvalue weighted by molar-refractivity contribution is 0.0272. The van der Waals surface area contributed by atoms with Gasteiger partial charge in [-0.1, -0.05) is 0 Å². The third-order valence-corrected chi connectivity index (χ3v) is 6.22. The first-order valence-electron chi connectivity index (χ1n) is 7.68. The van der Waals surface area contributed by atoms with Crippen molar-refractivity contribution in [3.8, 4) is 0 Å². The minimum Gasteiger partial charge on any atom is -0.373 e. The molecule has 0 unspecified atom stereocenters. The Labute approximate surface area is 125 Å². The van der Waals surface area contributed by atoms with Crippen molar-refractivity contribution in [1.82, 2.24) is 9.88 Å². The van der Waals surface area contributed by atoms with Crippen LogP contribution in [0.1, 0.15) is 24.8 Å². The van der Waals surface area contributed by atoms with E-state index in [-0.39, 0.29) is 0 Å². The number of thioether (sulfide) groups is 1. The summed E-state index contributed by atoms with van der Waals surface area (Å²) in [5, 5.41) is 0. The summed E-state index contributed by atoms with van der Waals surface area (Å²) in [6.07, 6.45) is 8.29. The fourth-order valence-electron chi connectivity index (χ4n) is 3.39. The van der Waals surface area contributed by atoms with E-state index in [1.54, 1.807) is 0 Å². The van der Waals surface area contributed by atoms with E-state index in [2.05, 4.69) is 21.6 Å². The molecule has 3 aliphatic rings. The zero-order valence-electron chi connectivity index (χ0n) is 11.8. The summed E-state index contributed by atoms with van der Waals surface area (Å²) < 4.78 is 6.61. The smallest absolute Gasteiger partial charge is 0.0722 e. The van der Waals surface area contributed by atoms with E-state index >= 15 is 0 Å². The van der Waals surface area contributed by atoms with Crippen molar-refractivity contribution in [1.29, 1.82) is 0 Å². The van der Waals surface area contributed by atoms with Gasteiger partial charge in [0, 0.05) is 42.5 Å². The van der Waals surface area contributed by atoms with Crippen LogP contribution >= 0.6 is 11.8 Å². The molecule has 0 bridgehead atoms. The van der Waals surface area contributed by atoms with Crippen molar-refractivity contribution in [2.45, 2.75) is 36.7 Å². The molecule has 1 aromatic heterocycles. The molecule has 3 nitrogen and oxygen atoms in total. The number of hydrogen-bond donors (Lipinski definition) is 0. The summed E-state index contributed by atoms with van der Waals surface area (Å²) in [5.74, 6) is 2.19. The summed E-state index contributed by atoms with van der Waals surface area (Å²) in [5.41, 5.74) is 1.23. The number of aromatic nitrogens is 1. The van der Waals surface area contributed by atoms with Crippen molar-refractivity contribution in [3.05, 3.63) is 30.1 Å². The standard InChI is InChI=1S/C16H22N2OS/c1-2-13(1)8-18-11-16(12-18)7-15(10-20-16)19-9-14-3-5-17-6-4-14/h3-6,13,15H,1-2,7-12H2/t15-/m1/s1. The molecular weight excluding hydrogens is 268 g/mol. The Hall–Kier alpha value is -0.580. The lowest BCUT2D eigenvalue weighted by Gasteiger charge is -2.47. The molecule has 20 heavy (non-hydrogen) atoms. The molecule has 0 aromatic carbocycles. The second-order valence-corrected chi connectivity index (χ2v) is 8.09. The number of pyridine rings is 1. The minimum absolute atomic E-state index is 0.441. The van der Waals surface area contributed by atoms with Gasteiger partial charge in [0.05, 0.1) is 12.7 Å². The summed E-state index contributed by atoms with van der Waals surface area (Å²) in [7, 11) is 0. The van der Waals surface area contributed by atoms with E-state index in [9.17, 15) is 0 Å². The van der Waals surface area contributed by atoms with Gasteiger partial charge < -0.3 is 9.64 Å². The molecule has 0 radical (unpaired) electrons. The van der Waals surface area contributed by atoms with Crippen LogP contribution in [-0.4, -0.2) is 46.1 Å². The van der Waals surface area contributed by atoms with E-state index in [0.717, 1.165) is 12.5 Å². The maximum absolute atomic E-state index is 6.08. The Morgan fingerprint density at radius 2 is 2.10 bits per heavy atom. The molecule has 3 heterocycles. The van der Waals surface area contributed by atoms with Crippen LogP contribution in [0.3, 0.4) is 0 Å². The maximum atomic E-state index is 6.08. The zero-order chi connectivity index (χ0) is 13.4. The van der Waals surface area contributed by atoms with Gasteiger partial charge in [-0.25, -0.2) is 0 Å². The molecule has 1 saturated carbocycles. The van der Waals surface area contributed by atoms with E-state index < -0.39 is 0 Å². The molecule has 1 spiro atoms. The average molecular weight is 290 g/mol. The van der Waals surface area contributed by atoms with E-state index in [4.69, 9.17) is 4.74 Å². The number of likely N-dealkylation sites (tertiary alicyclic amines) is 1. The highest BCUT2D eigenvalue weighted by Crippen LogP contribution is 2.47. The second-order valence-electron chi connectivity index (χ2n) is 6.60. The van der Waals surface area contributed by atoms with E-state index in [0.29, 0.717) is 10.9 Å². The van der Waals surface area contributed by atoms with Gasteiger partial charge in [0.25, 0.3) is 0 Å². The van der Waals surface area contributed by atoms with Crippen molar-refractivity contribution >= 4 is 11.8 Å². The van der Waals surface area contributed by atoms with Gasteiger partial charge in [-0.2, -0.15) is 0 Å². The minimum atomic E-state index is 0.441. The van der Waals surface area contributed by atoms with Gasteiger partial charge in [-0.15, -0.1) is 11.8 Å². The van der Waals surface area contributed by atoms with Crippen molar-refractivity contribution in [2.75, 3.05) is 25.4 Å².